The Morgan fingerprint density at radius 1 is 1.19 bits per heavy atom. The Bertz CT molecular complexity index is 1210. The highest BCUT2D eigenvalue weighted by molar-refractivity contribution is 5.93. The summed E-state index contributed by atoms with van der Waals surface area (Å²) in [5.41, 5.74) is 10.1. The molecule has 0 aromatic carbocycles. The number of anilines is 3. The molecule has 0 radical (unpaired) electrons. The van der Waals surface area contributed by atoms with Crippen molar-refractivity contribution in [3.8, 4) is 11.1 Å². The maximum absolute atomic E-state index is 12.8. The van der Waals surface area contributed by atoms with Crippen molar-refractivity contribution in [1.82, 2.24) is 9.97 Å². The van der Waals surface area contributed by atoms with Gasteiger partial charge in [0.05, 0.1) is 16.9 Å². The predicted molar refractivity (Wildman–Crippen MR) is 104 cm³/mol. The van der Waals surface area contributed by atoms with Crippen LogP contribution < -0.4 is 31.7 Å². The second-order valence-electron chi connectivity index (χ2n) is 6.48. The van der Waals surface area contributed by atoms with E-state index in [1.807, 2.05) is 60.6 Å². The van der Waals surface area contributed by atoms with Crippen molar-refractivity contribution in [2.24, 2.45) is 5.73 Å². The minimum Gasteiger partial charge on any atom is -0.398 e. The van der Waals surface area contributed by atoms with Crippen LogP contribution in [0.1, 0.15) is 0 Å². The van der Waals surface area contributed by atoms with Crippen molar-refractivity contribution in [2.75, 3.05) is 23.4 Å². The largest absolute Gasteiger partial charge is 0.398 e. The fourth-order valence-electron chi connectivity index (χ4n) is 3.79. The van der Waals surface area contributed by atoms with Crippen molar-refractivity contribution >= 4 is 29.0 Å². The molecule has 4 heterocycles. The third kappa shape index (κ3) is 1.92. The van der Waals surface area contributed by atoms with Gasteiger partial charge in [-0.15, -0.1) is 0 Å². The minimum absolute atomic E-state index is 0.0993. The lowest BCUT2D eigenvalue weighted by atomic mass is 10.0. The molecule has 0 bridgehead atoms. The average Bonchev–Trinajstić information content (AvgIpc) is 2.86. The SMILES string of the molecule is CN1C=CC(N)=c2ccc3c4c([nH]c(=O)c-4c21)=CCN3c1ccccn1. The van der Waals surface area contributed by atoms with E-state index in [2.05, 4.69) is 14.9 Å². The van der Waals surface area contributed by atoms with Gasteiger partial charge in [-0.05, 0) is 36.4 Å². The van der Waals surface area contributed by atoms with Gasteiger partial charge >= 0.3 is 0 Å². The molecule has 0 amide bonds. The summed E-state index contributed by atoms with van der Waals surface area (Å²) in [5, 5.41) is 1.71. The fraction of sp³-hybridized carbons (Fsp3) is 0.100. The van der Waals surface area contributed by atoms with Crippen molar-refractivity contribution in [1.29, 1.82) is 0 Å². The molecule has 1 aromatic heterocycles. The van der Waals surface area contributed by atoms with Gasteiger partial charge in [-0.25, -0.2) is 4.98 Å². The van der Waals surface area contributed by atoms with Gasteiger partial charge in [-0.2, -0.15) is 0 Å². The first-order chi connectivity index (χ1) is 12.6. The van der Waals surface area contributed by atoms with Gasteiger partial charge in [-0.1, -0.05) is 6.07 Å². The number of rotatable bonds is 1. The summed E-state index contributed by atoms with van der Waals surface area (Å²) in [6.45, 7) is 0.640. The molecule has 0 spiro atoms. The van der Waals surface area contributed by atoms with E-state index in [4.69, 9.17) is 5.73 Å². The molecule has 3 aliphatic heterocycles. The van der Waals surface area contributed by atoms with Crippen molar-refractivity contribution in [2.45, 2.75) is 0 Å². The highest BCUT2D eigenvalue weighted by Gasteiger charge is 2.27. The standard InChI is InChI=1S/C20H17N5O/c1-24-10-7-13(21)12-5-6-15-17-14(23-20(26)18(17)19(12)24)8-11-25(15)16-4-2-3-9-22-16/h2-10H,11,21H2,1H3,(H,23,26). The van der Waals surface area contributed by atoms with Gasteiger partial charge in [0.15, 0.2) is 0 Å². The average molecular weight is 343 g/mol. The quantitative estimate of drug-likeness (QED) is 0.685. The minimum atomic E-state index is -0.0993. The Labute approximate surface area is 149 Å². The molecule has 0 atom stereocenters. The smallest absolute Gasteiger partial charge is 0.258 e. The molecular weight excluding hydrogens is 326 g/mol. The molecule has 5 rings (SSSR count). The first kappa shape index (κ1) is 14.8. The van der Waals surface area contributed by atoms with Crippen LogP contribution in [0.3, 0.4) is 0 Å². The van der Waals surface area contributed by atoms with E-state index in [9.17, 15) is 4.79 Å². The lowest BCUT2D eigenvalue weighted by molar-refractivity contribution is 1.05. The maximum Gasteiger partial charge on any atom is 0.258 e. The number of aromatic amines is 1. The van der Waals surface area contributed by atoms with Crippen LogP contribution in [0.2, 0.25) is 0 Å². The zero-order valence-electron chi connectivity index (χ0n) is 14.2. The Hall–Kier alpha value is -3.54. The molecule has 0 unspecified atom stereocenters. The van der Waals surface area contributed by atoms with Gasteiger partial charge in [0.1, 0.15) is 5.82 Å². The topological polar surface area (TPSA) is 78.2 Å². The number of nitrogens with zero attached hydrogens (tertiary/aromatic N) is 3. The van der Waals surface area contributed by atoms with E-state index in [0.29, 0.717) is 17.8 Å². The summed E-state index contributed by atoms with van der Waals surface area (Å²) in [5.74, 6) is 0.844. The normalized spacial score (nSPS) is 15.2. The number of nitrogens with one attached hydrogen (secondary N) is 1. The highest BCUT2D eigenvalue weighted by Crippen LogP contribution is 2.36. The van der Waals surface area contributed by atoms with Crippen LogP contribution in [0, 0.1) is 0 Å². The maximum atomic E-state index is 12.8. The van der Waals surface area contributed by atoms with Crippen LogP contribution in [-0.4, -0.2) is 23.6 Å². The molecule has 3 N–H and O–H groups in total. The summed E-state index contributed by atoms with van der Waals surface area (Å²) < 4.78 is 0. The second-order valence-corrected chi connectivity index (χ2v) is 6.48. The Morgan fingerprint density at radius 2 is 2.08 bits per heavy atom. The van der Waals surface area contributed by atoms with Crippen LogP contribution in [0.15, 0.2) is 53.6 Å². The van der Waals surface area contributed by atoms with Crippen molar-refractivity contribution < 1.29 is 0 Å². The van der Waals surface area contributed by atoms with Crippen LogP contribution >= 0.6 is 0 Å². The molecule has 0 fully saturated rings. The lowest BCUT2D eigenvalue weighted by Gasteiger charge is -2.26. The lowest BCUT2D eigenvalue weighted by Crippen LogP contribution is -2.27. The molecule has 4 aliphatic rings. The van der Waals surface area contributed by atoms with Gasteiger partial charge in [-0.3, -0.25) is 4.79 Å². The predicted octanol–water partition coefficient (Wildman–Crippen LogP) is 0.837. The van der Waals surface area contributed by atoms with Crippen LogP contribution in [0.25, 0.3) is 22.9 Å². The van der Waals surface area contributed by atoms with E-state index in [1.54, 1.807) is 6.20 Å². The molecule has 6 nitrogen and oxygen atoms in total. The molecule has 1 aliphatic carbocycles. The van der Waals surface area contributed by atoms with Crippen molar-refractivity contribution in [3.63, 3.8) is 0 Å². The Morgan fingerprint density at radius 3 is 2.88 bits per heavy atom. The number of aromatic nitrogens is 2. The van der Waals surface area contributed by atoms with Crippen molar-refractivity contribution in [3.05, 3.63) is 69.7 Å². The van der Waals surface area contributed by atoms with E-state index >= 15 is 0 Å². The van der Waals surface area contributed by atoms with Crippen LogP contribution in [0.4, 0.5) is 17.2 Å². The zero-order valence-corrected chi connectivity index (χ0v) is 14.2. The fourth-order valence-corrected chi connectivity index (χ4v) is 3.79. The van der Waals surface area contributed by atoms with Gasteiger partial charge in [0, 0.05) is 47.8 Å². The molecule has 6 heteroatoms. The third-order valence-electron chi connectivity index (χ3n) is 4.99. The first-order valence-electron chi connectivity index (χ1n) is 8.44. The second kappa shape index (κ2) is 5.23. The number of pyridine rings is 1. The van der Waals surface area contributed by atoms with Crippen LogP contribution in [0.5, 0.6) is 0 Å². The monoisotopic (exact) mass is 343 g/mol. The van der Waals surface area contributed by atoms with E-state index in [0.717, 1.165) is 33.3 Å². The summed E-state index contributed by atoms with van der Waals surface area (Å²) >= 11 is 0. The number of fused-ring (bicyclic) bond motifs is 2. The van der Waals surface area contributed by atoms with E-state index in [1.165, 1.54) is 0 Å². The third-order valence-corrected chi connectivity index (χ3v) is 4.99. The van der Waals surface area contributed by atoms with Gasteiger partial charge < -0.3 is 20.5 Å². The summed E-state index contributed by atoms with van der Waals surface area (Å²) in [7, 11) is 1.93. The van der Waals surface area contributed by atoms with Crippen LogP contribution in [-0.2, 0) is 0 Å². The molecule has 0 saturated heterocycles. The number of hydrogen-bond donors (Lipinski definition) is 2. The number of nitrogens with two attached hydrogens (primary N) is 1. The first-order valence-corrected chi connectivity index (χ1v) is 8.44. The molecule has 0 saturated carbocycles. The zero-order chi connectivity index (χ0) is 17.8. The summed E-state index contributed by atoms with van der Waals surface area (Å²) in [6, 6.07) is 9.84. The number of hydrogen-bond acceptors (Lipinski definition) is 5. The molecular formula is C20H17N5O. The molecule has 26 heavy (non-hydrogen) atoms. The van der Waals surface area contributed by atoms with E-state index < -0.39 is 0 Å². The number of H-pyrrole nitrogens is 1. The summed E-state index contributed by atoms with van der Waals surface area (Å²) in [6.07, 6.45) is 7.54. The molecule has 128 valence electrons. The molecule has 1 aromatic rings. The highest BCUT2D eigenvalue weighted by atomic mass is 16.1. The Kier molecular flexibility index (Phi) is 2.97. The van der Waals surface area contributed by atoms with Gasteiger partial charge in [0.25, 0.3) is 5.56 Å². The van der Waals surface area contributed by atoms with E-state index in [-0.39, 0.29) is 5.56 Å². The summed E-state index contributed by atoms with van der Waals surface area (Å²) in [4.78, 5) is 24.4. The van der Waals surface area contributed by atoms with Gasteiger partial charge in [0.2, 0.25) is 0 Å². The Balaban J connectivity index is 1.90.